The molecule has 3 aromatic heterocycles. The minimum Gasteiger partial charge on any atom is -0.378 e. The molecule has 0 aromatic carbocycles. The fourth-order valence-corrected chi connectivity index (χ4v) is 6.08. The van der Waals surface area contributed by atoms with Gasteiger partial charge in [0.05, 0.1) is 24.5 Å². The van der Waals surface area contributed by atoms with E-state index in [-0.39, 0.29) is 5.41 Å². The summed E-state index contributed by atoms with van der Waals surface area (Å²) in [6.45, 7) is 14.2. The van der Waals surface area contributed by atoms with Crippen LogP contribution in [0.4, 0.5) is 0 Å². The Bertz CT molecular complexity index is 1310. The van der Waals surface area contributed by atoms with Gasteiger partial charge in [0.2, 0.25) is 0 Å². The molecule has 1 saturated carbocycles. The summed E-state index contributed by atoms with van der Waals surface area (Å²) in [6, 6.07) is 1.05. The number of nitrogens with zero attached hydrogens (tertiary/aromatic N) is 7. The zero-order valence-electron chi connectivity index (χ0n) is 25.0. The second kappa shape index (κ2) is 12.2. The number of ether oxygens (including phenoxy) is 1. The standard InChI is InChI=1S/C32H45N7O/c1-7-40-30-16-29(32(30,4)5)38-14-12-28(13-15-38)39-22-27(20-36-39)26-18-33-31(34-19-26)25(10-8-23(2)3)11-9-24-17-35-37(6)21-24/h8,10-11,17-23,28-30H,7,9,12-16H2,1-6H3. The van der Waals surface area contributed by atoms with Crippen LogP contribution in [0.5, 0.6) is 0 Å². The maximum absolute atomic E-state index is 5.96. The van der Waals surface area contributed by atoms with Crippen LogP contribution in [-0.4, -0.2) is 66.3 Å². The van der Waals surface area contributed by atoms with Crippen molar-refractivity contribution >= 4 is 5.57 Å². The molecule has 0 radical (unpaired) electrons. The van der Waals surface area contributed by atoms with Crippen molar-refractivity contribution in [2.75, 3.05) is 19.7 Å². The van der Waals surface area contributed by atoms with Gasteiger partial charge < -0.3 is 4.74 Å². The van der Waals surface area contributed by atoms with Crippen LogP contribution in [0.15, 0.2) is 55.4 Å². The van der Waals surface area contributed by atoms with Crippen molar-refractivity contribution < 1.29 is 4.74 Å². The average Bonchev–Trinajstić information content (AvgIpc) is 3.60. The molecular formula is C32H45N7O. The lowest BCUT2D eigenvalue weighted by Crippen LogP contribution is -2.63. The van der Waals surface area contributed by atoms with E-state index >= 15 is 0 Å². The van der Waals surface area contributed by atoms with Crippen molar-refractivity contribution in [1.82, 2.24) is 34.4 Å². The summed E-state index contributed by atoms with van der Waals surface area (Å²) in [6.07, 6.45) is 22.9. The summed E-state index contributed by atoms with van der Waals surface area (Å²) in [5.74, 6) is 1.18. The second-order valence-corrected chi connectivity index (χ2v) is 12.3. The van der Waals surface area contributed by atoms with Crippen LogP contribution < -0.4 is 0 Å². The molecule has 214 valence electrons. The highest BCUT2D eigenvalue weighted by molar-refractivity contribution is 5.70. The topological polar surface area (TPSA) is 73.9 Å². The van der Waals surface area contributed by atoms with Gasteiger partial charge in [0.1, 0.15) is 0 Å². The minimum atomic E-state index is 0.228. The Hall–Kier alpha value is -3.10. The lowest BCUT2D eigenvalue weighted by molar-refractivity contribution is -0.154. The highest BCUT2D eigenvalue weighted by Crippen LogP contribution is 2.47. The maximum Gasteiger partial charge on any atom is 0.158 e. The van der Waals surface area contributed by atoms with Gasteiger partial charge in [0.15, 0.2) is 5.82 Å². The Morgan fingerprint density at radius 1 is 1.05 bits per heavy atom. The van der Waals surface area contributed by atoms with Gasteiger partial charge in [0, 0.05) is 79.7 Å². The third kappa shape index (κ3) is 6.28. The number of aryl methyl sites for hydroxylation is 1. The normalized spacial score (nSPS) is 22.3. The molecule has 1 aliphatic heterocycles. The van der Waals surface area contributed by atoms with E-state index in [4.69, 9.17) is 19.8 Å². The van der Waals surface area contributed by atoms with Crippen LogP contribution in [0.2, 0.25) is 0 Å². The van der Waals surface area contributed by atoms with Crippen LogP contribution in [0.3, 0.4) is 0 Å². The predicted molar refractivity (Wildman–Crippen MR) is 160 cm³/mol. The number of likely N-dealkylation sites (tertiary alicyclic amines) is 1. The molecule has 4 heterocycles. The molecule has 8 nitrogen and oxygen atoms in total. The van der Waals surface area contributed by atoms with E-state index in [1.165, 1.54) is 5.56 Å². The smallest absolute Gasteiger partial charge is 0.158 e. The zero-order chi connectivity index (χ0) is 28.3. The predicted octanol–water partition coefficient (Wildman–Crippen LogP) is 5.75. The molecule has 2 atom stereocenters. The van der Waals surface area contributed by atoms with Crippen LogP contribution >= 0.6 is 0 Å². The van der Waals surface area contributed by atoms with Crippen molar-refractivity contribution in [3.8, 4) is 11.1 Å². The molecule has 0 bridgehead atoms. The highest BCUT2D eigenvalue weighted by atomic mass is 16.5. The summed E-state index contributed by atoms with van der Waals surface area (Å²) >= 11 is 0. The first kappa shape index (κ1) is 28.4. The van der Waals surface area contributed by atoms with Gasteiger partial charge in [-0.05, 0) is 44.1 Å². The van der Waals surface area contributed by atoms with Gasteiger partial charge >= 0.3 is 0 Å². The van der Waals surface area contributed by atoms with Gasteiger partial charge in [-0.3, -0.25) is 14.3 Å². The lowest BCUT2D eigenvalue weighted by Gasteiger charge is -2.57. The third-order valence-electron chi connectivity index (χ3n) is 8.63. The molecule has 2 unspecified atom stereocenters. The van der Waals surface area contributed by atoms with Gasteiger partial charge in [-0.25, -0.2) is 9.97 Å². The van der Waals surface area contributed by atoms with E-state index in [0.29, 0.717) is 24.1 Å². The van der Waals surface area contributed by atoms with Crippen molar-refractivity contribution in [2.24, 2.45) is 18.4 Å². The summed E-state index contributed by atoms with van der Waals surface area (Å²) < 4.78 is 9.94. The van der Waals surface area contributed by atoms with E-state index in [1.54, 1.807) is 0 Å². The fourth-order valence-electron chi connectivity index (χ4n) is 6.08. The van der Waals surface area contributed by atoms with E-state index < -0.39 is 0 Å². The van der Waals surface area contributed by atoms with Crippen LogP contribution in [0.25, 0.3) is 16.7 Å². The average molecular weight is 544 g/mol. The molecular weight excluding hydrogens is 498 g/mol. The molecule has 40 heavy (non-hydrogen) atoms. The minimum absolute atomic E-state index is 0.228. The monoisotopic (exact) mass is 543 g/mol. The van der Waals surface area contributed by atoms with Gasteiger partial charge in [-0.2, -0.15) is 10.2 Å². The molecule has 2 aliphatic rings. The first-order valence-corrected chi connectivity index (χ1v) is 14.8. The van der Waals surface area contributed by atoms with Crippen LogP contribution in [-0.2, 0) is 18.2 Å². The highest BCUT2D eigenvalue weighted by Gasteiger charge is 2.51. The number of hydrogen-bond donors (Lipinski definition) is 0. The Balaban J connectivity index is 1.22. The van der Waals surface area contributed by atoms with Crippen molar-refractivity contribution in [2.45, 2.75) is 78.5 Å². The largest absolute Gasteiger partial charge is 0.378 e. The molecule has 2 fully saturated rings. The molecule has 5 rings (SSSR count). The number of aromatic nitrogens is 6. The molecule has 0 spiro atoms. The molecule has 0 N–H and O–H groups in total. The Kier molecular flexibility index (Phi) is 8.66. The van der Waals surface area contributed by atoms with Gasteiger partial charge in [0.25, 0.3) is 0 Å². The van der Waals surface area contributed by atoms with E-state index in [9.17, 15) is 0 Å². The summed E-state index contributed by atoms with van der Waals surface area (Å²) in [4.78, 5) is 12.2. The zero-order valence-corrected chi connectivity index (χ0v) is 25.0. The molecule has 8 heteroatoms. The van der Waals surface area contributed by atoms with Gasteiger partial charge in [-0.1, -0.05) is 45.9 Å². The van der Waals surface area contributed by atoms with E-state index in [1.807, 2.05) is 42.7 Å². The Labute approximate surface area is 239 Å². The Morgan fingerprint density at radius 3 is 2.42 bits per heavy atom. The van der Waals surface area contributed by atoms with Crippen molar-refractivity contribution in [3.63, 3.8) is 0 Å². The van der Waals surface area contributed by atoms with Crippen molar-refractivity contribution in [3.05, 3.63) is 66.8 Å². The van der Waals surface area contributed by atoms with Gasteiger partial charge in [-0.15, -0.1) is 0 Å². The summed E-state index contributed by atoms with van der Waals surface area (Å²) in [5.41, 5.74) is 4.47. The summed E-state index contributed by atoms with van der Waals surface area (Å²) in [7, 11) is 1.94. The maximum atomic E-state index is 5.96. The fraction of sp³-hybridized carbons (Fsp3) is 0.562. The molecule has 3 aromatic rings. The van der Waals surface area contributed by atoms with E-state index in [0.717, 1.165) is 67.9 Å². The third-order valence-corrected chi connectivity index (χ3v) is 8.63. The molecule has 1 aliphatic carbocycles. The molecule has 1 saturated heterocycles. The first-order chi connectivity index (χ1) is 19.2. The summed E-state index contributed by atoms with van der Waals surface area (Å²) in [5, 5.41) is 9.03. The number of hydrogen-bond acceptors (Lipinski definition) is 6. The number of allylic oxidation sites excluding steroid dienone is 4. The quantitative estimate of drug-likeness (QED) is 0.303. The number of rotatable bonds is 10. The lowest BCUT2D eigenvalue weighted by atomic mass is 9.63. The SMILES string of the molecule is CCOC1CC(N2CCC(n3cc(-c4cnc(C(C=CC(C)C)=CCc5cnn(C)c5)nc4)cn3)CC2)C1(C)C. The van der Waals surface area contributed by atoms with Crippen LogP contribution in [0, 0.1) is 11.3 Å². The number of piperidine rings is 1. The van der Waals surface area contributed by atoms with Crippen LogP contribution in [0.1, 0.15) is 71.3 Å². The second-order valence-electron chi connectivity index (χ2n) is 12.3. The molecule has 0 amide bonds. The van der Waals surface area contributed by atoms with E-state index in [2.05, 4.69) is 73.7 Å². The van der Waals surface area contributed by atoms with Crippen molar-refractivity contribution in [1.29, 1.82) is 0 Å². The first-order valence-electron chi connectivity index (χ1n) is 14.8. The Morgan fingerprint density at radius 2 is 1.80 bits per heavy atom.